The summed E-state index contributed by atoms with van der Waals surface area (Å²) in [6, 6.07) is 6.22. The number of hydrogen-bond acceptors (Lipinski definition) is 3. The summed E-state index contributed by atoms with van der Waals surface area (Å²) in [5.41, 5.74) is 8.21. The van der Waals surface area contributed by atoms with E-state index in [0.717, 1.165) is 29.4 Å². The third-order valence-corrected chi connectivity index (χ3v) is 3.21. The van der Waals surface area contributed by atoms with Crippen LogP contribution in [-0.2, 0) is 0 Å². The maximum Gasteiger partial charge on any atom is 0.124 e. The largest absolute Gasteiger partial charge is 0.492 e. The van der Waals surface area contributed by atoms with Gasteiger partial charge in [-0.15, -0.1) is 0 Å². The molecule has 0 fully saturated rings. The summed E-state index contributed by atoms with van der Waals surface area (Å²) in [7, 11) is 0. The van der Waals surface area contributed by atoms with Crippen molar-refractivity contribution in [3.63, 3.8) is 0 Å². The van der Waals surface area contributed by atoms with Crippen molar-refractivity contribution >= 4 is 11.8 Å². The fraction of sp³-hybridized carbons (Fsp3) is 0.538. The Hall–Kier alpha value is -0.670. The third-order valence-electron chi connectivity index (χ3n) is 2.35. The second-order valence-corrected chi connectivity index (χ2v) is 5.27. The van der Waals surface area contributed by atoms with Crippen molar-refractivity contribution in [2.45, 2.75) is 26.8 Å². The quantitative estimate of drug-likeness (QED) is 0.775. The van der Waals surface area contributed by atoms with Gasteiger partial charge in [0.15, 0.2) is 0 Å². The molecule has 1 aromatic rings. The first kappa shape index (κ1) is 13.4. The van der Waals surface area contributed by atoms with E-state index < -0.39 is 0 Å². The Morgan fingerprint density at radius 3 is 2.81 bits per heavy atom. The molecule has 0 saturated heterocycles. The summed E-state index contributed by atoms with van der Waals surface area (Å²) in [6.07, 6.45) is 0. The Balaban J connectivity index is 2.65. The van der Waals surface area contributed by atoms with Gasteiger partial charge >= 0.3 is 0 Å². The van der Waals surface area contributed by atoms with Gasteiger partial charge in [0.1, 0.15) is 5.75 Å². The van der Waals surface area contributed by atoms with Gasteiger partial charge in [0.05, 0.1) is 6.61 Å². The summed E-state index contributed by atoms with van der Waals surface area (Å²) in [5.74, 6) is 3.10. The van der Waals surface area contributed by atoms with Gasteiger partial charge in [-0.3, -0.25) is 0 Å². The first-order valence-corrected chi connectivity index (χ1v) is 6.87. The normalized spacial score (nSPS) is 12.5. The second-order valence-electron chi connectivity index (χ2n) is 3.88. The van der Waals surface area contributed by atoms with Crippen LogP contribution in [0.4, 0.5) is 0 Å². The van der Waals surface area contributed by atoms with E-state index in [2.05, 4.69) is 32.0 Å². The van der Waals surface area contributed by atoms with E-state index in [1.54, 1.807) is 0 Å². The van der Waals surface area contributed by atoms with Gasteiger partial charge in [-0.05, 0) is 31.2 Å². The second kappa shape index (κ2) is 6.81. The first-order valence-electron chi connectivity index (χ1n) is 5.71. The Labute approximate surface area is 103 Å². The van der Waals surface area contributed by atoms with Crippen molar-refractivity contribution in [3.05, 3.63) is 29.3 Å². The van der Waals surface area contributed by atoms with E-state index in [0.29, 0.717) is 0 Å². The lowest BCUT2D eigenvalue weighted by Gasteiger charge is -2.14. The van der Waals surface area contributed by atoms with Gasteiger partial charge in [0, 0.05) is 17.4 Å². The Kier molecular flexibility index (Phi) is 5.71. The number of nitrogens with two attached hydrogens (primary N) is 1. The zero-order valence-electron chi connectivity index (χ0n) is 10.3. The van der Waals surface area contributed by atoms with Crippen LogP contribution in [0.15, 0.2) is 18.2 Å². The minimum absolute atomic E-state index is 0.0226. The molecule has 2 N–H and O–H groups in total. The lowest BCUT2D eigenvalue weighted by molar-refractivity contribution is 0.338. The van der Waals surface area contributed by atoms with Crippen LogP contribution in [0.1, 0.15) is 31.0 Å². The summed E-state index contributed by atoms with van der Waals surface area (Å²) >= 11 is 1.89. The van der Waals surface area contributed by atoms with Gasteiger partial charge in [0.25, 0.3) is 0 Å². The van der Waals surface area contributed by atoms with Gasteiger partial charge in [-0.2, -0.15) is 11.8 Å². The third kappa shape index (κ3) is 4.06. The van der Waals surface area contributed by atoms with Gasteiger partial charge in [0.2, 0.25) is 0 Å². The average Bonchev–Trinajstić information content (AvgIpc) is 2.24. The van der Waals surface area contributed by atoms with Gasteiger partial charge in [-0.1, -0.05) is 19.1 Å². The van der Waals surface area contributed by atoms with Crippen LogP contribution < -0.4 is 10.5 Å². The van der Waals surface area contributed by atoms with E-state index in [4.69, 9.17) is 10.5 Å². The highest BCUT2D eigenvalue weighted by atomic mass is 32.2. The van der Waals surface area contributed by atoms with Crippen LogP contribution in [0.3, 0.4) is 0 Å². The van der Waals surface area contributed by atoms with E-state index in [9.17, 15) is 0 Å². The number of hydrogen-bond donors (Lipinski definition) is 1. The predicted octanol–water partition coefficient (Wildman–Crippen LogP) is 3.15. The molecule has 0 saturated carbocycles. The lowest BCUT2D eigenvalue weighted by atomic mass is 10.1. The van der Waals surface area contributed by atoms with Crippen molar-refractivity contribution in [1.82, 2.24) is 0 Å². The van der Waals surface area contributed by atoms with Crippen molar-refractivity contribution in [1.29, 1.82) is 0 Å². The molecule has 16 heavy (non-hydrogen) atoms. The number of rotatable bonds is 6. The van der Waals surface area contributed by atoms with Crippen LogP contribution in [0.5, 0.6) is 5.75 Å². The van der Waals surface area contributed by atoms with Gasteiger partial charge in [-0.25, -0.2) is 0 Å². The Bertz CT molecular complexity index is 326. The van der Waals surface area contributed by atoms with Crippen LogP contribution in [0, 0.1) is 6.92 Å². The molecule has 0 aromatic heterocycles. The maximum absolute atomic E-state index is 5.91. The van der Waals surface area contributed by atoms with Crippen LogP contribution in [0.25, 0.3) is 0 Å². The smallest absolute Gasteiger partial charge is 0.124 e. The standard InChI is InChI=1S/C13H21NOS/c1-4-16-8-7-15-13-9-10(2)5-6-12(13)11(3)14/h5-6,9,11H,4,7-8,14H2,1-3H3/t11-/m0/s1. The zero-order chi connectivity index (χ0) is 12.0. The Morgan fingerprint density at radius 1 is 1.44 bits per heavy atom. The molecule has 2 nitrogen and oxygen atoms in total. The number of thioether (sulfide) groups is 1. The minimum Gasteiger partial charge on any atom is -0.492 e. The minimum atomic E-state index is 0.0226. The summed E-state index contributed by atoms with van der Waals surface area (Å²) < 4.78 is 5.78. The van der Waals surface area contributed by atoms with E-state index in [-0.39, 0.29) is 6.04 Å². The molecule has 0 amide bonds. The topological polar surface area (TPSA) is 35.2 Å². The molecule has 0 aliphatic rings. The molecular weight excluding hydrogens is 218 g/mol. The zero-order valence-corrected chi connectivity index (χ0v) is 11.1. The van der Waals surface area contributed by atoms with Crippen molar-refractivity contribution < 1.29 is 4.74 Å². The number of aryl methyl sites for hydroxylation is 1. The summed E-state index contributed by atoms with van der Waals surface area (Å²) in [6.45, 7) is 6.96. The van der Waals surface area contributed by atoms with Crippen molar-refractivity contribution in [3.8, 4) is 5.75 Å². The molecule has 0 bridgehead atoms. The fourth-order valence-electron chi connectivity index (χ4n) is 1.50. The van der Waals surface area contributed by atoms with Gasteiger partial charge < -0.3 is 10.5 Å². The van der Waals surface area contributed by atoms with Crippen molar-refractivity contribution in [2.24, 2.45) is 5.73 Å². The van der Waals surface area contributed by atoms with Crippen molar-refractivity contribution in [2.75, 3.05) is 18.1 Å². The lowest BCUT2D eigenvalue weighted by Crippen LogP contribution is -2.09. The predicted molar refractivity (Wildman–Crippen MR) is 72.3 cm³/mol. The molecule has 0 aliphatic heterocycles. The maximum atomic E-state index is 5.91. The first-order chi connectivity index (χ1) is 7.65. The van der Waals surface area contributed by atoms with E-state index in [1.807, 2.05) is 18.7 Å². The molecule has 0 aliphatic carbocycles. The molecule has 1 aromatic carbocycles. The highest BCUT2D eigenvalue weighted by molar-refractivity contribution is 7.99. The van der Waals surface area contributed by atoms with Crippen LogP contribution in [-0.4, -0.2) is 18.1 Å². The molecule has 0 unspecified atom stereocenters. The van der Waals surface area contributed by atoms with Crippen LogP contribution in [0.2, 0.25) is 0 Å². The Morgan fingerprint density at radius 2 is 2.19 bits per heavy atom. The molecule has 1 atom stereocenters. The highest BCUT2D eigenvalue weighted by Crippen LogP contribution is 2.25. The molecule has 0 radical (unpaired) electrons. The molecule has 3 heteroatoms. The highest BCUT2D eigenvalue weighted by Gasteiger charge is 2.07. The fourth-order valence-corrected chi connectivity index (χ4v) is 1.99. The summed E-state index contributed by atoms with van der Waals surface area (Å²) in [4.78, 5) is 0. The number of benzene rings is 1. The molecule has 0 spiro atoms. The SMILES string of the molecule is CCSCCOc1cc(C)ccc1[C@H](C)N. The monoisotopic (exact) mass is 239 g/mol. The molecule has 1 rings (SSSR count). The average molecular weight is 239 g/mol. The molecule has 0 heterocycles. The van der Waals surface area contributed by atoms with E-state index >= 15 is 0 Å². The molecule has 90 valence electrons. The van der Waals surface area contributed by atoms with E-state index in [1.165, 1.54) is 5.56 Å². The summed E-state index contributed by atoms with van der Waals surface area (Å²) in [5, 5.41) is 0. The van der Waals surface area contributed by atoms with Crippen LogP contribution >= 0.6 is 11.8 Å². The molecular formula is C13H21NOS. The number of ether oxygens (including phenoxy) is 1.